The summed E-state index contributed by atoms with van der Waals surface area (Å²) in [5, 5.41) is 9.49. The van der Waals surface area contributed by atoms with Gasteiger partial charge in [0.05, 0.1) is 6.54 Å². The molecule has 0 saturated heterocycles. The Morgan fingerprint density at radius 1 is 1.00 bits per heavy atom. The van der Waals surface area contributed by atoms with Crippen LogP contribution in [0.2, 0.25) is 0 Å². The summed E-state index contributed by atoms with van der Waals surface area (Å²) in [5.74, 6) is -4.95. The number of halogens is 3. The molecular weight excluding hydrogens is 455 g/mol. The van der Waals surface area contributed by atoms with Gasteiger partial charge in [-0.25, -0.2) is 9.97 Å². The van der Waals surface area contributed by atoms with Crippen molar-refractivity contribution < 1.29 is 23.1 Å². The molecule has 4 rings (SSSR count). The average molecular weight is 482 g/mol. The number of hydrogen-bond acceptors (Lipinski definition) is 3. The van der Waals surface area contributed by atoms with Gasteiger partial charge >= 0.3 is 12.1 Å². The van der Waals surface area contributed by atoms with E-state index in [0.29, 0.717) is 24.1 Å². The first-order valence-corrected chi connectivity index (χ1v) is 11.4. The van der Waals surface area contributed by atoms with Gasteiger partial charge in [0, 0.05) is 18.0 Å². The van der Waals surface area contributed by atoms with E-state index in [1.54, 1.807) is 42.5 Å². The fourth-order valence-corrected chi connectivity index (χ4v) is 4.61. The number of fused-ring (bicyclic) bond motifs is 1. The summed E-state index contributed by atoms with van der Waals surface area (Å²) in [4.78, 5) is 21.1. The molecule has 0 fully saturated rings. The van der Waals surface area contributed by atoms with Crippen LogP contribution in [0.5, 0.6) is 0 Å². The Hall–Kier alpha value is -3.68. The van der Waals surface area contributed by atoms with Crippen molar-refractivity contribution in [3.05, 3.63) is 94.4 Å². The van der Waals surface area contributed by atoms with Crippen LogP contribution in [0.4, 0.5) is 13.2 Å². The molecule has 2 heterocycles. The van der Waals surface area contributed by atoms with Crippen LogP contribution in [-0.4, -0.2) is 31.8 Å². The molecule has 2 atom stereocenters. The van der Waals surface area contributed by atoms with Crippen LogP contribution in [0, 0.1) is 19.8 Å². The maximum Gasteiger partial charge on any atom is 0.403 e. The Morgan fingerprint density at radius 2 is 1.63 bits per heavy atom. The quantitative estimate of drug-likeness (QED) is 0.349. The number of nitrogens with zero attached hydrogens (tertiary/aromatic N) is 3. The number of rotatable bonds is 7. The number of carbonyl (C=O) groups is 1. The van der Waals surface area contributed by atoms with E-state index in [0.717, 1.165) is 33.8 Å². The second-order valence-corrected chi connectivity index (χ2v) is 8.71. The van der Waals surface area contributed by atoms with Gasteiger partial charge in [-0.15, -0.1) is 0 Å². The highest BCUT2D eigenvalue weighted by Gasteiger charge is 2.50. The first-order chi connectivity index (χ1) is 16.6. The summed E-state index contributed by atoms with van der Waals surface area (Å²) in [6.45, 7) is 6.38. The van der Waals surface area contributed by atoms with Crippen LogP contribution in [0.15, 0.2) is 60.7 Å². The minimum absolute atomic E-state index is 0.292. The lowest BCUT2D eigenvalue weighted by Crippen LogP contribution is -2.36. The summed E-state index contributed by atoms with van der Waals surface area (Å²) in [6, 6.07) is 16.6. The van der Waals surface area contributed by atoms with Gasteiger partial charge in [0.25, 0.3) is 0 Å². The van der Waals surface area contributed by atoms with Gasteiger partial charge < -0.3 is 9.67 Å². The molecule has 35 heavy (non-hydrogen) atoms. The Balaban J connectivity index is 1.74. The third kappa shape index (κ3) is 4.92. The second-order valence-electron chi connectivity index (χ2n) is 8.71. The van der Waals surface area contributed by atoms with E-state index >= 15 is 0 Å². The van der Waals surface area contributed by atoms with Gasteiger partial charge in [0.2, 0.25) is 0 Å². The number of carboxylic acid groups (broad SMARTS) is 1. The number of hydrogen-bond donors (Lipinski definition) is 1. The minimum atomic E-state index is -4.90. The van der Waals surface area contributed by atoms with Crippen molar-refractivity contribution in [3.63, 3.8) is 0 Å². The van der Waals surface area contributed by atoms with Crippen LogP contribution < -0.4 is 0 Å². The van der Waals surface area contributed by atoms with E-state index < -0.39 is 24.0 Å². The third-order valence-corrected chi connectivity index (χ3v) is 6.21. The predicted molar refractivity (Wildman–Crippen MR) is 127 cm³/mol. The number of aromatic nitrogens is 3. The lowest BCUT2D eigenvalue weighted by Gasteiger charge is -2.27. The molecule has 4 aromatic rings. The van der Waals surface area contributed by atoms with E-state index in [1.165, 1.54) is 12.1 Å². The van der Waals surface area contributed by atoms with Crippen molar-refractivity contribution >= 4 is 17.1 Å². The SMILES string of the molecule is CCc1nc2c(C)cc(C)nc2n1Cc1ccc(C(c2ccccc2)C(C(=O)O)C(F)(F)F)cc1. The van der Waals surface area contributed by atoms with Gasteiger partial charge in [-0.3, -0.25) is 4.79 Å². The van der Waals surface area contributed by atoms with E-state index in [-0.39, 0.29) is 0 Å². The molecule has 0 aliphatic heterocycles. The van der Waals surface area contributed by atoms with E-state index in [1.807, 2.05) is 31.4 Å². The van der Waals surface area contributed by atoms with E-state index in [9.17, 15) is 23.1 Å². The summed E-state index contributed by atoms with van der Waals surface area (Å²) in [7, 11) is 0. The van der Waals surface area contributed by atoms with Crippen LogP contribution in [-0.2, 0) is 17.8 Å². The van der Waals surface area contributed by atoms with Crippen molar-refractivity contribution in [1.82, 2.24) is 14.5 Å². The molecule has 0 saturated carbocycles. The maximum atomic E-state index is 13.8. The lowest BCUT2D eigenvalue weighted by molar-refractivity contribution is -0.196. The highest BCUT2D eigenvalue weighted by molar-refractivity contribution is 5.76. The van der Waals surface area contributed by atoms with Gasteiger partial charge in [0.15, 0.2) is 11.6 Å². The fourth-order valence-electron chi connectivity index (χ4n) is 4.61. The summed E-state index contributed by atoms with van der Waals surface area (Å²) in [6.07, 6.45) is -4.20. The van der Waals surface area contributed by atoms with Crippen molar-refractivity contribution in [1.29, 1.82) is 0 Å². The van der Waals surface area contributed by atoms with Crippen LogP contribution in [0.25, 0.3) is 11.2 Å². The molecule has 5 nitrogen and oxygen atoms in total. The monoisotopic (exact) mass is 481 g/mol. The Labute approximate surface area is 201 Å². The summed E-state index contributed by atoms with van der Waals surface area (Å²) >= 11 is 0. The van der Waals surface area contributed by atoms with Crippen molar-refractivity contribution in [2.24, 2.45) is 5.92 Å². The normalized spacial score (nSPS) is 13.7. The number of alkyl halides is 3. The third-order valence-electron chi connectivity index (χ3n) is 6.21. The predicted octanol–water partition coefficient (Wildman–Crippen LogP) is 6.05. The zero-order valence-corrected chi connectivity index (χ0v) is 19.7. The number of pyridine rings is 1. The Kier molecular flexibility index (Phi) is 6.65. The van der Waals surface area contributed by atoms with E-state index in [2.05, 4.69) is 4.98 Å². The van der Waals surface area contributed by atoms with Crippen LogP contribution in [0.3, 0.4) is 0 Å². The number of aryl methyl sites for hydroxylation is 3. The molecule has 182 valence electrons. The molecule has 8 heteroatoms. The Bertz CT molecular complexity index is 1350. The van der Waals surface area contributed by atoms with Crippen molar-refractivity contribution in [2.45, 2.75) is 45.8 Å². The molecule has 0 radical (unpaired) electrons. The topological polar surface area (TPSA) is 68.0 Å². The Morgan fingerprint density at radius 3 is 2.20 bits per heavy atom. The smallest absolute Gasteiger partial charge is 0.403 e. The molecule has 0 aliphatic rings. The standard InChI is InChI=1S/C27H26F3N3O2/c1-4-21-32-24-16(2)14-17(3)31-25(24)33(21)15-18-10-12-20(13-11-18)22(19-8-6-5-7-9-19)23(26(34)35)27(28,29)30/h5-14,22-23H,4,15H2,1-3H3,(H,34,35). The molecule has 0 bridgehead atoms. The maximum absolute atomic E-state index is 13.8. The number of imidazole rings is 1. The molecule has 2 aromatic heterocycles. The number of benzene rings is 2. The van der Waals surface area contributed by atoms with Crippen LogP contribution in [0.1, 0.15) is 46.6 Å². The molecule has 0 spiro atoms. The van der Waals surface area contributed by atoms with Gasteiger partial charge in [-0.2, -0.15) is 13.2 Å². The van der Waals surface area contributed by atoms with Crippen molar-refractivity contribution in [2.75, 3.05) is 0 Å². The molecule has 0 amide bonds. The molecule has 0 aliphatic carbocycles. The summed E-state index contributed by atoms with van der Waals surface area (Å²) < 4.78 is 43.5. The van der Waals surface area contributed by atoms with E-state index in [4.69, 9.17) is 4.98 Å². The number of aliphatic carboxylic acids is 1. The van der Waals surface area contributed by atoms with Gasteiger partial charge in [-0.05, 0) is 42.2 Å². The molecule has 2 unspecified atom stereocenters. The lowest BCUT2D eigenvalue weighted by atomic mass is 9.80. The summed E-state index contributed by atoms with van der Waals surface area (Å²) in [5.41, 5.74) is 4.97. The number of carboxylic acids is 1. The largest absolute Gasteiger partial charge is 0.481 e. The first kappa shape index (κ1) is 24.4. The van der Waals surface area contributed by atoms with Crippen molar-refractivity contribution in [3.8, 4) is 0 Å². The minimum Gasteiger partial charge on any atom is -0.481 e. The zero-order chi connectivity index (χ0) is 25.3. The van der Waals surface area contributed by atoms with Gasteiger partial charge in [0.1, 0.15) is 11.3 Å². The fraction of sp³-hybridized carbons (Fsp3) is 0.296. The highest BCUT2D eigenvalue weighted by atomic mass is 19.4. The molecule has 1 N–H and O–H groups in total. The van der Waals surface area contributed by atoms with Crippen LogP contribution >= 0.6 is 0 Å². The molecule has 2 aromatic carbocycles. The molecular formula is C27H26F3N3O2. The first-order valence-electron chi connectivity index (χ1n) is 11.4. The average Bonchev–Trinajstić information content (AvgIpc) is 3.15. The second kappa shape index (κ2) is 9.52. The zero-order valence-electron chi connectivity index (χ0n) is 19.7. The van der Waals surface area contributed by atoms with Gasteiger partial charge in [-0.1, -0.05) is 61.5 Å². The highest BCUT2D eigenvalue weighted by Crippen LogP contribution is 2.42.